The van der Waals surface area contributed by atoms with Gasteiger partial charge in [-0.3, -0.25) is 0 Å². The summed E-state index contributed by atoms with van der Waals surface area (Å²) in [6.45, 7) is 4.23. The molecular formula is C17H20O. The molecule has 0 bridgehead atoms. The minimum Gasteiger partial charge on any atom is -0.388 e. The summed E-state index contributed by atoms with van der Waals surface area (Å²) in [5.41, 5.74) is 4.89. The summed E-state index contributed by atoms with van der Waals surface area (Å²) in [6.07, 6.45) is 1.32. The van der Waals surface area contributed by atoms with E-state index in [4.69, 9.17) is 0 Å². The van der Waals surface area contributed by atoms with Crippen LogP contribution in [0.2, 0.25) is 0 Å². The lowest BCUT2D eigenvalue weighted by atomic mass is 9.99. The summed E-state index contributed by atoms with van der Waals surface area (Å²) in [4.78, 5) is 0. The number of hydrogen-bond donors (Lipinski definition) is 1. The van der Waals surface area contributed by atoms with Crippen LogP contribution in [0.3, 0.4) is 0 Å². The van der Waals surface area contributed by atoms with Gasteiger partial charge in [-0.1, -0.05) is 59.7 Å². The van der Waals surface area contributed by atoms with Crippen LogP contribution in [0.5, 0.6) is 0 Å². The predicted molar refractivity (Wildman–Crippen MR) is 75.6 cm³/mol. The molecule has 1 atom stereocenters. The average molecular weight is 240 g/mol. The first-order valence-corrected chi connectivity index (χ1v) is 6.45. The Morgan fingerprint density at radius 1 is 0.944 bits per heavy atom. The van der Waals surface area contributed by atoms with Crippen LogP contribution in [0, 0.1) is 13.8 Å². The Kier molecular flexibility index (Phi) is 4.16. The lowest BCUT2D eigenvalue weighted by Crippen LogP contribution is -1.99. The number of aliphatic hydroxyl groups is 1. The molecule has 1 heteroatoms. The standard InChI is InChI=1S/C17H20O/c1-13-10-14(2)12-15(11-13)8-9-17(18)16-6-4-3-5-7-16/h3-7,10-12,17-18H,8-9H2,1-2H3. The molecular weight excluding hydrogens is 220 g/mol. The fourth-order valence-corrected chi connectivity index (χ4v) is 2.36. The van der Waals surface area contributed by atoms with Crippen LogP contribution in [-0.2, 0) is 6.42 Å². The Balaban J connectivity index is 1.99. The number of benzene rings is 2. The minimum atomic E-state index is -0.369. The van der Waals surface area contributed by atoms with Crippen LogP contribution < -0.4 is 0 Å². The molecule has 18 heavy (non-hydrogen) atoms. The second kappa shape index (κ2) is 5.83. The van der Waals surface area contributed by atoms with Crippen molar-refractivity contribution in [2.45, 2.75) is 32.8 Å². The van der Waals surface area contributed by atoms with Gasteiger partial charge in [0, 0.05) is 0 Å². The van der Waals surface area contributed by atoms with E-state index in [9.17, 15) is 5.11 Å². The molecule has 1 nitrogen and oxygen atoms in total. The maximum Gasteiger partial charge on any atom is 0.0793 e. The van der Waals surface area contributed by atoms with Gasteiger partial charge in [-0.15, -0.1) is 0 Å². The molecule has 1 unspecified atom stereocenters. The number of aryl methyl sites for hydroxylation is 3. The molecule has 0 heterocycles. The summed E-state index contributed by atoms with van der Waals surface area (Å²) < 4.78 is 0. The molecule has 0 aliphatic rings. The van der Waals surface area contributed by atoms with Gasteiger partial charge in [0.1, 0.15) is 0 Å². The Bertz CT molecular complexity index is 482. The molecule has 0 spiro atoms. The molecule has 0 aliphatic carbocycles. The number of hydrogen-bond acceptors (Lipinski definition) is 1. The highest BCUT2D eigenvalue weighted by atomic mass is 16.3. The van der Waals surface area contributed by atoms with Gasteiger partial charge < -0.3 is 5.11 Å². The van der Waals surface area contributed by atoms with Gasteiger partial charge in [-0.25, -0.2) is 0 Å². The molecule has 94 valence electrons. The van der Waals surface area contributed by atoms with E-state index in [0.717, 1.165) is 18.4 Å². The van der Waals surface area contributed by atoms with Gasteiger partial charge in [0.05, 0.1) is 6.10 Å². The number of rotatable bonds is 4. The van der Waals surface area contributed by atoms with Crippen molar-refractivity contribution < 1.29 is 5.11 Å². The minimum absolute atomic E-state index is 0.369. The zero-order chi connectivity index (χ0) is 13.0. The molecule has 0 radical (unpaired) electrons. The van der Waals surface area contributed by atoms with Gasteiger partial charge >= 0.3 is 0 Å². The fourth-order valence-electron chi connectivity index (χ4n) is 2.36. The van der Waals surface area contributed by atoms with E-state index in [0.29, 0.717) is 0 Å². The van der Waals surface area contributed by atoms with Crippen molar-refractivity contribution in [1.29, 1.82) is 0 Å². The zero-order valence-corrected chi connectivity index (χ0v) is 11.1. The molecule has 0 amide bonds. The van der Waals surface area contributed by atoms with Gasteiger partial charge in [0.25, 0.3) is 0 Å². The highest BCUT2D eigenvalue weighted by Gasteiger charge is 2.07. The largest absolute Gasteiger partial charge is 0.388 e. The first kappa shape index (κ1) is 12.8. The van der Waals surface area contributed by atoms with Gasteiger partial charge in [0.2, 0.25) is 0 Å². The van der Waals surface area contributed by atoms with Crippen LogP contribution in [0.4, 0.5) is 0 Å². The second-order valence-corrected chi connectivity index (χ2v) is 4.96. The SMILES string of the molecule is Cc1cc(C)cc(CCC(O)c2ccccc2)c1. The molecule has 0 saturated heterocycles. The van der Waals surface area contributed by atoms with Crippen molar-refractivity contribution in [1.82, 2.24) is 0 Å². The second-order valence-electron chi connectivity index (χ2n) is 4.96. The van der Waals surface area contributed by atoms with Crippen molar-refractivity contribution in [2.75, 3.05) is 0 Å². The first-order valence-electron chi connectivity index (χ1n) is 6.45. The van der Waals surface area contributed by atoms with Crippen molar-refractivity contribution in [3.05, 3.63) is 70.8 Å². The summed E-state index contributed by atoms with van der Waals surface area (Å²) >= 11 is 0. The van der Waals surface area contributed by atoms with E-state index in [1.807, 2.05) is 30.3 Å². The van der Waals surface area contributed by atoms with Crippen LogP contribution in [0.1, 0.15) is 34.8 Å². The third-order valence-electron chi connectivity index (χ3n) is 3.17. The highest BCUT2D eigenvalue weighted by Crippen LogP contribution is 2.19. The Morgan fingerprint density at radius 2 is 1.56 bits per heavy atom. The maximum absolute atomic E-state index is 10.1. The Labute approximate surface area is 109 Å². The lowest BCUT2D eigenvalue weighted by molar-refractivity contribution is 0.168. The smallest absolute Gasteiger partial charge is 0.0793 e. The van der Waals surface area contributed by atoms with E-state index < -0.39 is 0 Å². The Morgan fingerprint density at radius 3 is 2.17 bits per heavy atom. The van der Waals surface area contributed by atoms with Gasteiger partial charge in [-0.2, -0.15) is 0 Å². The van der Waals surface area contributed by atoms with Crippen LogP contribution in [-0.4, -0.2) is 5.11 Å². The molecule has 0 fully saturated rings. The third-order valence-corrected chi connectivity index (χ3v) is 3.17. The van der Waals surface area contributed by atoms with Gasteiger partial charge in [0.15, 0.2) is 0 Å². The summed E-state index contributed by atoms with van der Waals surface area (Å²) in [5.74, 6) is 0. The highest BCUT2D eigenvalue weighted by molar-refractivity contribution is 5.29. The topological polar surface area (TPSA) is 20.2 Å². The molecule has 0 aromatic heterocycles. The fraction of sp³-hybridized carbons (Fsp3) is 0.294. The van der Waals surface area contributed by atoms with Crippen molar-refractivity contribution in [3.8, 4) is 0 Å². The Hall–Kier alpha value is -1.60. The van der Waals surface area contributed by atoms with E-state index >= 15 is 0 Å². The first-order chi connectivity index (χ1) is 8.65. The summed E-state index contributed by atoms with van der Waals surface area (Å²) in [6, 6.07) is 16.4. The van der Waals surface area contributed by atoms with Gasteiger partial charge in [-0.05, 0) is 37.8 Å². The summed E-state index contributed by atoms with van der Waals surface area (Å²) in [5, 5.41) is 10.1. The van der Waals surface area contributed by atoms with E-state index in [2.05, 4.69) is 32.0 Å². The third kappa shape index (κ3) is 3.44. The monoisotopic (exact) mass is 240 g/mol. The van der Waals surface area contributed by atoms with E-state index in [1.54, 1.807) is 0 Å². The zero-order valence-electron chi connectivity index (χ0n) is 11.1. The molecule has 2 aromatic rings. The molecule has 0 aliphatic heterocycles. The number of aliphatic hydroxyl groups excluding tert-OH is 1. The van der Waals surface area contributed by atoms with Crippen molar-refractivity contribution in [2.24, 2.45) is 0 Å². The van der Waals surface area contributed by atoms with Crippen molar-refractivity contribution >= 4 is 0 Å². The normalized spacial score (nSPS) is 12.4. The molecule has 2 aromatic carbocycles. The van der Waals surface area contributed by atoms with Crippen LogP contribution in [0.25, 0.3) is 0 Å². The van der Waals surface area contributed by atoms with Crippen molar-refractivity contribution in [3.63, 3.8) is 0 Å². The average Bonchev–Trinajstić information content (AvgIpc) is 2.36. The summed E-state index contributed by atoms with van der Waals surface area (Å²) in [7, 11) is 0. The van der Waals surface area contributed by atoms with E-state index in [-0.39, 0.29) is 6.10 Å². The predicted octanol–water partition coefficient (Wildman–Crippen LogP) is 3.97. The lowest BCUT2D eigenvalue weighted by Gasteiger charge is -2.11. The maximum atomic E-state index is 10.1. The van der Waals surface area contributed by atoms with Crippen LogP contribution in [0.15, 0.2) is 48.5 Å². The van der Waals surface area contributed by atoms with E-state index in [1.165, 1.54) is 16.7 Å². The quantitative estimate of drug-likeness (QED) is 0.857. The molecule has 1 N–H and O–H groups in total. The molecule has 2 rings (SSSR count). The van der Waals surface area contributed by atoms with Crippen LogP contribution >= 0.6 is 0 Å². The molecule has 0 saturated carbocycles.